The molecule has 0 N–H and O–H groups in total. The van der Waals surface area contributed by atoms with Gasteiger partial charge in [0, 0.05) is 11.1 Å². The molecule has 0 aliphatic carbocycles. The zero-order valence-electron chi connectivity index (χ0n) is 13.9. The normalized spacial score (nSPS) is 11.2. The molecule has 8 heteroatoms. The van der Waals surface area contributed by atoms with Gasteiger partial charge < -0.3 is 4.74 Å². The van der Waals surface area contributed by atoms with E-state index in [1.807, 2.05) is 53.9 Å². The predicted molar refractivity (Wildman–Crippen MR) is 108 cm³/mol. The Bertz CT molecular complexity index is 1090. The summed E-state index contributed by atoms with van der Waals surface area (Å²) in [4.78, 5) is 10.4. The standard InChI is InChI=1S/C18H13Cl2N3OS2/c1-10-15(23-9-3-4-13(19)17(23)21-10)14-16(20)26-18(22-14)25-12-7-5-11(24-2)6-8-12/h3-9H,1-2H3. The van der Waals surface area contributed by atoms with Crippen molar-refractivity contribution in [3.05, 3.63) is 57.6 Å². The van der Waals surface area contributed by atoms with Gasteiger partial charge in [0.25, 0.3) is 0 Å². The highest BCUT2D eigenvalue weighted by molar-refractivity contribution is 8.01. The Hall–Kier alpha value is -1.73. The van der Waals surface area contributed by atoms with E-state index in [9.17, 15) is 0 Å². The molecule has 0 aliphatic rings. The number of hydrogen-bond acceptors (Lipinski definition) is 5. The number of aromatic nitrogens is 3. The van der Waals surface area contributed by atoms with Crippen LogP contribution < -0.4 is 4.74 Å². The molecule has 0 fully saturated rings. The Morgan fingerprint density at radius 1 is 1.12 bits per heavy atom. The highest BCUT2D eigenvalue weighted by Gasteiger charge is 2.20. The lowest BCUT2D eigenvalue weighted by Crippen LogP contribution is -1.90. The van der Waals surface area contributed by atoms with Gasteiger partial charge in [-0.05, 0) is 43.3 Å². The van der Waals surface area contributed by atoms with Crippen LogP contribution >= 0.6 is 46.3 Å². The molecule has 4 rings (SSSR count). The predicted octanol–water partition coefficient (Wildman–Crippen LogP) is 6.23. The second-order valence-electron chi connectivity index (χ2n) is 5.48. The molecule has 3 aromatic heterocycles. The molecule has 0 spiro atoms. The number of benzene rings is 1. The van der Waals surface area contributed by atoms with E-state index in [2.05, 4.69) is 4.98 Å². The SMILES string of the molecule is COc1ccc(Sc2nc(-c3c(C)nc4c(Cl)cccn34)c(Cl)s2)cc1. The molecule has 0 saturated carbocycles. The topological polar surface area (TPSA) is 39.4 Å². The van der Waals surface area contributed by atoms with Crippen molar-refractivity contribution in [3.63, 3.8) is 0 Å². The second-order valence-corrected chi connectivity index (χ2v) is 8.80. The summed E-state index contributed by atoms with van der Waals surface area (Å²) in [6.07, 6.45) is 1.92. The maximum absolute atomic E-state index is 6.51. The maximum atomic E-state index is 6.51. The van der Waals surface area contributed by atoms with Gasteiger partial charge in [0.2, 0.25) is 0 Å². The Morgan fingerprint density at radius 3 is 2.62 bits per heavy atom. The van der Waals surface area contributed by atoms with Gasteiger partial charge in [0.15, 0.2) is 9.99 Å². The van der Waals surface area contributed by atoms with E-state index in [4.69, 9.17) is 32.9 Å². The average Bonchev–Trinajstić information content (AvgIpc) is 3.15. The van der Waals surface area contributed by atoms with Crippen molar-refractivity contribution in [2.75, 3.05) is 7.11 Å². The number of nitrogens with zero attached hydrogens (tertiary/aromatic N) is 3. The van der Waals surface area contributed by atoms with Crippen LogP contribution in [0.5, 0.6) is 5.75 Å². The fourth-order valence-corrected chi connectivity index (χ4v) is 5.19. The third kappa shape index (κ3) is 3.18. The Labute approximate surface area is 168 Å². The number of hydrogen-bond donors (Lipinski definition) is 0. The minimum absolute atomic E-state index is 0.598. The molecule has 4 aromatic rings. The lowest BCUT2D eigenvalue weighted by Gasteiger charge is -2.02. The minimum Gasteiger partial charge on any atom is -0.497 e. The molecule has 132 valence electrons. The van der Waals surface area contributed by atoms with Crippen LogP contribution in [-0.2, 0) is 0 Å². The average molecular weight is 422 g/mol. The summed E-state index contributed by atoms with van der Waals surface area (Å²) in [5.74, 6) is 0.824. The van der Waals surface area contributed by atoms with Crippen molar-refractivity contribution in [1.82, 2.24) is 14.4 Å². The molecule has 4 nitrogen and oxygen atoms in total. The molecule has 0 aliphatic heterocycles. The van der Waals surface area contributed by atoms with Crippen molar-refractivity contribution >= 4 is 51.9 Å². The first-order chi connectivity index (χ1) is 12.6. The fraction of sp³-hybridized carbons (Fsp3) is 0.111. The van der Waals surface area contributed by atoms with Gasteiger partial charge in [0.05, 0.1) is 23.5 Å². The molecule has 3 heterocycles. The van der Waals surface area contributed by atoms with Crippen LogP contribution in [0, 0.1) is 6.92 Å². The van der Waals surface area contributed by atoms with Crippen molar-refractivity contribution in [2.24, 2.45) is 0 Å². The van der Waals surface area contributed by atoms with Gasteiger partial charge in [-0.2, -0.15) is 0 Å². The van der Waals surface area contributed by atoms with Crippen LogP contribution in [0.2, 0.25) is 9.36 Å². The molecule has 1 aromatic carbocycles. The molecule has 0 radical (unpaired) electrons. The second kappa shape index (κ2) is 7.12. The van der Waals surface area contributed by atoms with Crippen LogP contribution in [0.3, 0.4) is 0 Å². The summed E-state index contributed by atoms with van der Waals surface area (Å²) >= 11 is 15.8. The van der Waals surface area contributed by atoms with E-state index >= 15 is 0 Å². The van der Waals surface area contributed by atoms with E-state index < -0.39 is 0 Å². The van der Waals surface area contributed by atoms with Crippen LogP contribution in [0.1, 0.15) is 5.69 Å². The molecule has 0 bridgehead atoms. The monoisotopic (exact) mass is 421 g/mol. The zero-order chi connectivity index (χ0) is 18.3. The highest BCUT2D eigenvalue weighted by atomic mass is 35.5. The summed E-state index contributed by atoms with van der Waals surface area (Å²) in [6, 6.07) is 11.5. The highest BCUT2D eigenvalue weighted by Crippen LogP contribution is 2.41. The van der Waals surface area contributed by atoms with Gasteiger partial charge in [-0.1, -0.05) is 46.3 Å². The van der Waals surface area contributed by atoms with E-state index in [0.29, 0.717) is 15.0 Å². The van der Waals surface area contributed by atoms with Crippen LogP contribution in [0.25, 0.3) is 17.0 Å². The van der Waals surface area contributed by atoms with Crippen molar-refractivity contribution in [2.45, 2.75) is 16.2 Å². The number of fused-ring (bicyclic) bond motifs is 1. The zero-order valence-corrected chi connectivity index (χ0v) is 17.0. The van der Waals surface area contributed by atoms with E-state index in [0.717, 1.165) is 32.1 Å². The smallest absolute Gasteiger partial charge is 0.156 e. The molecule has 26 heavy (non-hydrogen) atoms. The molecular weight excluding hydrogens is 409 g/mol. The first-order valence-electron chi connectivity index (χ1n) is 7.68. The van der Waals surface area contributed by atoms with E-state index in [-0.39, 0.29) is 0 Å². The first-order valence-corrected chi connectivity index (χ1v) is 10.1. The van der Waals surface area contributed by atoms with Crippen molar-refractivity contribution in [1.29, 1.82) is 0 Å². The van der Waals surface area contributed by atoms with Gasteiger partial charge in [0.1, 0.15) is 15.8 Å². The van der Waals surface area contributed by atoms with Gasteiger partial charge >= 0.3 is 0 Å². The number of halogens is 2. The Kier molecular flexibility index (Phi) is 4.84. The lowest BCUT2D eigenvalue weighted by atomic mass is 10.3. The molecule has 0 saturated heterocycles. The minimum atomic E-state index is 0.598. The summed E-state index contributed by atoms with van der Waals surface area (Å²) in [7, 11) is 1.65. The molecule has 0 unspecified atom stereocenters. The Balaban J connectivity index is 1.73. The number of methoxy groups -OCH3 is 1. The quantitative estimate of drug-likeness (QED) is 0.391. The van der Waals surface area contributed by atoms with Crippen LogP contribution in [-0.4, -0.2) is 21.5 Å². The van der Waals surface area contributed by atoms with Crippen LogP contribution in [0.4, 0.5) is 0 Å². The lowest BCUT2D eigenvalue weighted by molar-refractivity contribution is 0.414. The Morgan fingerprint density at radius 2 is 1.88 bits per heavy atom. The maximum Gasteiger partial charge on any atom is 0.156 e. The number of imidazole rings is 1. The largest absolute Gasteiger partial charge is 0.497 e. The third-order valence-corrected chi connectivity index (χ3v) is 6.45. The van der Waals surface area contributed by atoms with Crippen LogP contribution in [0.15, 0.2) is 51.8 Å². The third-order valence-electron chi connectivity index (χ3n) is 3.83. The molecule has 0 amide bonds. The fourth-order valence-electron chi connectivity index (χ4n) is 2.65. The van der Waals surface area contributed by atoms with E-state index in [1.165, 1.54) is 11.3 Å². The van der Waals surface area contributed by atoms with Gasteiger partial charge in [-0.15, -0.1) is 0 Å². The van der Waals surface area contributed by atoms with Crippen molar-refractivity contribution < 1.29 is 4.74 Å². The number of rotatable bonds is 4. The van der Waals surface area contributed by atoms with E-state index in [1.54, 1.807) is 18.9 Å². The molecular formula is C18H13Cl2N3OS2. The summed E-state index contributed by atoms with van der Waals surface area (Å²) in [5, 5.41) is 0.598. The molecule has 0 atom stereocenters. The van der Waals surface area contributed by atoms with Gasteiger partial charge in [-0.3, -0.25) is 4.40 Å². The summed E-state index contributed by atoms with van der Waals surface area (Å²) in [6.45, 7) is 1.94. The van der Waals surface area contributed by atoms with Gasteiger partial charge in [-0.25, -0.2) is 9.97 Å². The first kappa shape index (κ1) is 17.7. The number of ether oxygens (including phenoxy) is 1. The number of pyridine rings is 1. The summed E-state index contributed by atoms with van der Waals surface area (Å²) in [5.41, 5.74) is 3.13. The summed E-state index contributed by atoms with van der Waals surface area (Å²) < 4.78 is 8.62. The number of aryl methyl sites for hydroxylation is 1. The number of thiazole rings is 1. The van der Waals surface area contributed by atoms with Crippen molar-refractivity contribution in [3.8, 4) is 17.1 Å².